The Balaban J connectivity index is 1.54. The molecule has 1 unspecified atom stereocenters. The molecule has 0 aliphatic carbocycles. The summed E-state index contributed by atoms with van der Waals surface area (Å²) in [4.78, 5) is 16.3. The number of benzene rings is 1. The molecule has 0 bridgehead atoms. The molecule has 1 aliphatic rings. The number of aromatic nitrogens is 3. The van der Waals surface area contributed by atoms with E-state index in [2.05, 4.69) is 15.2 Å². The number of fused-ring (bicyclic) bond motifs is 1. The predicted octanol–water partition coefficient (Wildman–Crippen LogP) is 1.78. The predicted molar refractivity (Wildman–Crippen MR) is 136 cm³/mol. The van der Waals surface area contributed by atoms with E-state index in [1.807, 2.05) is 0 Å². The highest BCUT2D eigenvalue weighted by Crippen LogP contribution is 2.47. The van der Waals surface area contributed by atoms with Gasteiger partial charge >= 0.3 is 13.7 Å². The molecule has 0 spiro atoms. The van der Waals surface area contributed by atoms with Crippen molar-refractivity contribution in [2.75, 3.05) is 12.3 Å². The minimum atomic E-state index is -4.21. The first-order valence-electron chi connectivity index (χ1n) is 12.0. The number of aliphatic hydroxyl groups is 2. The van der Waals surface area contributed by atoms with Crippen LogP contribution in [0.15, 0.2) is 48.8 Å². The molecule has 6 atom stereocenters. The lowest BCUT2D eigenvalue weighted by molar-refractivity contribution is -0.149. The van der Waals surface area contributed by atoms with Gasteiger partial charge in [-0.15, -0.1) is 0 Å². The van der Waals surface area contributed by atoms with Crippen LogP contribution in [-0.2, 0) is 29.0 Å². The van der Waals surface area contributed by atoms with E-state index in [-0.39, 0.29) is 17.7 Å². The largest absolute Gasteiger partial charge is 0.462 e. The smallest absolute Gasteiger partial charge is 0.459 e. The molecule has 0 radical (unpaired) electrons. The Hall–Kier alpha value is -3.06. The maximum Gasteiger partial charge on any atom is 0.459 e. The van der Waals surface area contributed by atoms with Crippen LogP contribution in [0.4, 0.5) is 5.82 Å². The van der Waals surface area contributed by atoms with Crippen LogP contribution in [0, 0.1) is 0 Å². The number of para-hydroxylation sites is 1. The summed E-state index contributed by atoms with van der Waals surface area (Å²) in [5.74, 6) is -0.192. The van der Waals surface area contributed by atoms with Gasteiger partial charge in [0, 0.05) is 0 Å². The van der Waals surface area contributed by atoms with E-state index in [4.69, 9.17) is 24.3 Å². The summed E-state index contributed by atoms with van der Waals surface area (Å²) < 4.78 is 37.7. The van der Waals surface area contributed by atoms with Gasteiger partial charge in [-0.1, -0.05) is 18.2 Å². The average molecular weight is 550 g/mol. The zero-order valence-corrected chi connectivity index (χ0v) is 22.3. The Kier molecular flexibility index (Phi) is 8.07. The first kappa shape index (κ1) is 28.0. The fourth-order valence-electron chi connectivity index (χ4n) is 4.16. The van der Waals surface area contributed by atoms with Crippen molar-refractivity contribution in [2.24, 2.45) is 0 Å². The van der Waals surface area contributed by atoms with Crippen molar-refractivity contribution in [3.8, 4) is 5.75 Å². The maximum atomic E-state index is 13.7. The molecule has 2 aromatic heterocycles. The summed E-state index contributed by atoms with van der Waals surface area (Å²) in [5.41, 5.74) is 5.41. The third-order valence-corrected chi connectivity index (χ3v) is 7.73. The number of rotatable bonds is 10. The van der Waals surface area contributed by atoms with Gasteiger partial charge in [0.15, 0.2) is 5.82 Å². The van der Waals surface area contributed by atoms with Crippen LogP contribution >= 0.6 is 7.75 Å². The molecule has 38 heavy (non-hydrogen) atoms. The summed E-state index contributed by atoms with van der Waals surface area (Å²) >= 11 is 0. The first-order chi connectivity index (χ1) is 17.9. The number of aliphatic hydroxyl groups excluding tert-OH is 2. The highest BCUT2D eigenvalue weighted by atomic mass is 31.2. The van der Waals surface area contributed by atoms with Gasteiger partial charge in [0.2, 0.25) is 0 Å². The molecule has 1 aromatic carbocycles. The molecule has 5 N–H and O–H groups in total. The van der Waals surface area contributed by atoms with Crippen molar-refractivity contribution in [2.45, 2.75) is 63.8 Å². The second-order valence-electron chi connectivity index (χ2n) is 9.39. The topological polar surface area (TPSA) is 180 Å². The summed E-state index contributed by atoms with van der Waals surface area (Å²) in [6.45, 7) is 5.98. The quantitative estimate of drug-likeness (QED) is 0.213. The lowest BCUT2D eigenvalue weighted by Gasteiger charge is -2.27. The molecule has 4 rings (SSSR count). The number of anilines is 1. The molecule has 206 valence electrons. The SMILES string of the molecule is CC(C)OC(=O)[C@H](C)NP(=O)(OC[C@H]1O[C@@](C)(c2ccc3c(N)ncnn23)[C@H](O)[C@@H]1O)Oc1ccccc1. The lowest BCUT2D eigenvalue weighted by atomic mass is 9.93. The van der Waals surface area contributed by atoms with Gasteiger partial charge < -0.3 is 29.9 Å². The molecule has 3 heterocycles. The molecule has 0 saturated carbocycles. The van der Waals surface area contributed by atoms with Crippen molar-refractivity contribution >= 4 is 25.1 Å². The highest BCUT2D eigenvalue weighted by molar-refractivity contribution is 7.52. The van der Waals surface area contributed by atoms with E-state index in [1.54, 1.807) is 63.2 Å². The standard InChI is InChI=1S/C24H32N5O8P/c1-14(2)35-23(32)15(3)28-38(33,37-16-8-6-5-7-9-16)34-12-18-20(30)21(31)24(4,36-18)19-11-10-17-22(25)26-13-27-29(17)19/h5-11,13-15,18,20-21,30-31H,12H2,1-4H3,(H,28,33)(H2,25,26,27)/t15-,18+,20+,21+,24-,38?/m0/s1. The molecular formula is C24H32N5O8P. The fraction of sp³-hybridized carbons (Fsp3) is 0.458. The first-order valence-corrected chi connectivity index (χ1v) is 13.6. The number of carbonyl (C=O) groups is 1. The van der Waals surface area contributed by atoms with Crippen LogP contribution in [0.3, 0.4) is 0 Å². The minimum absolute atomic E-state index is 0.224. The molecule has 14 heteroatoms. The van der Waals surface area contributed by atoms with E-state index in [0.717, 1.165) is 0 Å². The van der Waals surface area contributed by atoms with Crippen molar-refractivity contribution in [1.82, 2.24) is 19.7 Å². The summed E-state index contributed by atoms with van der Waals surface area (Å²) in [5, 5.41) is 28.5. The van der Waals surface area contributed by atoms with Gasteiger partial charge in [-0.2, -0.15) is 10.2 Å². The Labute approximate surface area is 219 Å². The number of nitrogens with two attached hydrogens (primary N) is 1. The van der Waals surface area contributed by atoms with E-state index in [0.29, 0.717) is 11.2 Å². The molecule has 13 nitrogen and oxygen atoms in total. The van der Waals surface area contributed by atoms with Crippen LogP contribution in [0.25, 0.3) is 5.52 Å². The van der Waals surface area contributed by atoms with Crippen LogP contribution in [0.2, 0.25) is 0 Å². The number of nitrogen functional groups attached to an aromatic ring is 1. The van der Waals surface area contributed by atoms with Gasteiger partial charge in [-0.25, -0.2) is 14.1 Å². The van der Waals surface area contributed by atoms with Crippen LogP contribution < -0.4 is 15.3 Å². The Morgan fingerprint density at radius 1 is 1.24 bits per heavy atom. The number of nitrogens with one attached hydrogen (secondary N) is 1. The minimum Gasteiger partial charge on any atom is -0.462 e. The molecular weight excluding hydrogens is 517 g/mol. The van der Waals surface area contributed by atoms with Crippen LogP contribution in [0.1, 0.15) is 33.4 Å². The van der Waals surface area contributed by atoms with Gasteiger partial charge in [-0.3, -0.25) is 9.32 Å². The van der Waals surface area contributed by atoms with E-state index >= 15 is 0 Å². The number of nitrogens with zero attached hydrogens (tertiary/aromatic N) is 3. The summed E-state index contributed by atoms with van der Waals surface area (Å²) in [6, 6.07) is 10.5. The van der Waals surface area contributed by atoms with Gasteiger partial charge in [-0.05, 0) is 52.0 Å². The number of hydrogen-bond donors (Lipinski definition) is 4. The molecule has 1 fully saturated rings. The van der Waals surface area contributed by atoms with Gasteiger partial charge in [0.25, 0.3) is 0 Å². The van der Waals surface area contributed by atoms with Crippen molar-refractivity contribution < 1.29 is 38.1 Å². The van der Waals surface area contributed by atoms with Gasteiger partial charge in [0.1, 0.15) is 47.5 Å². The molecule has 1 aliphatic heterocycles. The number of ether oxygens (including phenoxy) is 2. The van der Waals surface area contributed by atoms with E-state index in [1.165, 1.54) is 17.8 Å². The van der Waals surface area contributed by atoms with Crippen molar-refractivity contribution in [3.63, 3.8) is 0 Å². The highest BCUT2D eigenvalue weighted by Gasteiger charge is 2.54. The number of hydrogen-bond acceptors (Lipinski definition) is 11. The van der Waals surface area contributed by atoms with E-state index in [9.17, 15) is 19.6 Å². The molecule has 1 saturated heterocycles. The van der Waals surface area contributed by atoms with Crippen molar-refractivity contribution in [3.05, 3.63) is 54.5 Å². The maximum absolute atomic E-state index is 13.7. The Morgan fingerprint density at radius 3 is 2.63 bits per heavy atom. The fourth-order valence-corrected chi connectivity index (χ4v) is 5.66. The lowest BCUT2D eigenvalue weighted by Crippen LogP contribution is -2.40. The normalized spacial score (nSPS) is 25.8. The monoisotopic (exact) mass is 549 g/mol. The zero-order valence-electron chi connectivity index (χ0n) is 21.4. The van der Waals surface area contributed by atoms with Crippen LogP contribution in [-0.4, -0.2) is 67.8 Å². The third-order valence-electron chi connectivity index (χ3n) is 6.09. The number of carbonyl (C=O) groups excluding carboxylic acids is 1. The molecule has 3 aromatic rings. The Bertz CT molecular complexity index is 1320. The van der Waals surface area contributed by atoms with E-state index < -0.39 is 50.3 Å². The van der Waals surface area contributed by atoms with Crippen molar-refractivity contribution in [1.29, 1.82) is 0 Å². The summed E-state index contributed by atoms with van der Waals surface area (Å²) in [6.07, 6.45) is -3.05. The zero-order chi connectivity index (χ0) is 27.7. The average Bonchev–Trinajstić information content (AvgIpc) is 3.40. The molecule has 0 amide bonds. The van der Waals surface area contributed by atoms with Crippen LogP contribution in [0.5, 0.6) is 5.75 Å². The second kappa shape index (κ2) is 11.0. The third kappa shape index (κ3) is 5.68. The second-order valence-corrected chi connectivity index (χ2v) is 11.1. The van der Waals surface area contributed by atoms with Gasteiger partial charge in [0.05, 0.1) is 18.4 Å². The number of esters is 1. The Morgan fingerprint density at radius 2 is 1.95 bits per heavy atom. The summed E-state index contributed by atoms with van der Waals surface area (Å²) in [7, 11) is -4.21.